The molecule has 0 aliphatic heterocycles. The van der Waals surface area contributed by atoms with E-state index in [1.165, 1.54) is 24.4 Å². The SMILES string of the molecule is CCOCCOc1ccc(-c2cc(=O)[nH]c(-c3cc(CCCCC(N)=O)ccc3C(F)(F)F)n2)cn1. The number of benzene rings is 1. The van der Waals surface area contributed by atoms with Crippen LogP contribution in [0.25, 0.3) is 22.6 Å². The highest BCUT2D eigenvalue weighted by Crippen LogP contribution is 2.37. The third-order valence-corrected chi connectivity index (χ3v) is 5.24. The third kappa shape index (κ3) is 7.64. The smallest absolute Gasteiger partial charge is 0.417 e. The minimum atomic E-state index is -4.66. The molecular formula is C25H27F3N4O4. The van der Waals surface area contributed by atoms with Gasteiger partial charge < -0.3 is 20.2 Å². The first-order valence-corrected chi connectivity index (χ1v) is 11.4. The maximum Gasteiger partial charge on any atom is 0.417 e. The second kappa shape index (κ2) is 12.3. The molecule has 3 rings (SSSR count). The van der Waals surface area contributed by atoms with Gasteiger partial charge in [0.2, 0.25) is 11.8 Å². The monoisotopic (exact) mass is 504 g/mol. The molecule has 0 radical (unpaired) electrons. The van der Waals surface area contributed by atoms with E-state index in [2.05, 4.69) is 15.0 Å². The topological polar surface area (TPSA) is 120 Å². The third-order valence-electron chi connectivity index (χ3n) is 5.24. The molecule has 8 nitrogen and oxygen atoms in total. The average Bonchev–Trinajstić information content (AvgIpc) is 2.83. The molecule has 11 heteroatoms. The Morgan fingerprint density at radius 2 is 1.92 bits per heavy atom. The summed E-state index contributed by atoms with van der Waals surface area (Å²) in [5, 5.41) is 0. The fourth-order valence-corrected chi connectivity index (χ4v) is 3.52. The van der Waals surface area contributed by atoms with E-state index < -0.39 is 23.2 Å². The van der Waals surface area contributed by atoms with Crippen LogP contribution in [0.2, 0.25) is 0 Å². The Hall–Kier alpha value is -3.73. The van der Waals surface area contributed by atoms with Gasteiger partial charge in [-0.2, -0.15) is 13.2 Å². The predicted octanol–water partition coefficient (Wildman–Crippen LogP) is 4.13. The van der Waals surface area contributed by atoms with Gasteiger partial charge in [-0.3, -0.25) is 9.59 Å². The van der Waals surface area contributed by atoms with E-state index in [4.69, 9.17) is 15.2 Å². The number of carbonyl (C=O) groups excluding carboxylic acids is 1. The van der Waals surface area contributed by atoms with Crippen LogP contribution in [0.1, 0.15) is 37.3 Å². The number of pyridine rings is 1. The standard InChI is InChI=1S/C25H27F3N4O4/c1-2-35-11-12-36-23-10-8-17(15-30-23)20-14-22(34)32-24(31-20)18-13-16(5-3-4-6-21(29)33)7-9-19(18)25(26,27)28/h7-10,13-15H,2-6,11-12H2,1H3,(H2,29,33)(H,31,32,34). The van der Waals surface area contributed by atoms with Gasteiger partial charge >= 0.3 is 6.18 Å². The molecule has 0 atom stereocenters. The zero-order chi connectivity index (χ0) is 26.1. The van der Waals surface area contributed by atoms with Crippen LogP contribution in [0.5, 0.6) is 5.88 Å². The summed E-state index contributed by atoms with van der Waals surface area (Å²) in [5.41, 5.74) is 4.60. The molecule has 1 amide bonds. The summed E-state index contributed by atoms with van der Waals surface area (Å²) in [6.45, 7) is 3.16. The van der Waals surface area contributed by atoms with Crippen LogP contribution in [0.4, 0.5) is 13.2 Å². The van der Waals surface area contributed by atoms with E-state index in [0.29, 0.717) is 56.1 Å². The number of ether oxygens (including phenoxy) is 2. The Balaban J connectivity index is 1.90. The summed E-state index contributed by atoms with van der Waals surface area (Å²) in [7, 11) is 0. The van der Waals surface area contributed by atoms with Crippen molar-refractivity contribution in [1.29, 1.82) is 0 Å². The number of unbranched alkanes of at least 4 members (excludes halogenated alkanes) is 1. The van der Waals surface area contributed by atoms with Gasteiger partial charge in [0.25, 0.3) is 5.56 Å². The number of nitrogens with two attached hydrogens (primary N) is 1. The van der Waals surface area contributed by atoms with Crippen LogP contribution in [0.15, 0.2) is 47.4 Å². The van der Waals surface area contributed by atoms with Gasteiger partial charge in [0.15, 0.2) is 0 Å². The summed E-state index contributed by atoms with van der Waals surface area (Å²) in [4.78, 5) is 34.2. The van der Waals surface area contributed by atoms with Gasteiger partial charge in [0.05, 0.1) is 17.9 Å². The molecule has 2 aromatic heterocycles. The Morgan fingerprint density at radius 1 is 1.11 bits per heavy atom. The van der Waals surface area contributed by atoms with Gasteiger partial charge in [-0.1, -0.05) is 6.07 Å². The molecule has 2 heterocycles. The molecule has 192 valence electrons. The minimum Gasteiger partial charge on any atom is -0.475 e. The maximum atomic E-state index is 13.8. The van der Waals surface area contributed by atoms with Crippen molar-refractivity contribution in [2.45, 2.75) is 38.8 Å². The number of H-pyrrole nitrogens is 1. The molecule has 0 saturated heterocycles. The molecule has 0 fully saturated rings. The van der Waals surface area contributed by atoms with Crippen LogP contribution in [0.3, 0.4) is 0 Å². The number of halogens is 3. The molecule has 0 spiro atoms. The summed E-state index contributed by atoms with van der Waals surface area (Å²) in [6.07, 6.45) is -1.49. The lowest BCUT2D eigenvalue weighted by Gasteiger charge is -2.15. The van der Waals surface area contributed by atoms with Crippen LogP contribution >= 0.6 is 0 Å². The van der Waals surface area contributed by atoms with Crippen molar-refractivity contribution >= 4 is 5.91 Å². The predicted molar refractivity (Wildman–Crippen MR) is 127 cm³/mol. The van der Waals surface area contributed by atoms with E-state index in [0.717, 1.165) is 6.07 Å². The molecule has 0 unspecified atom stereocenters. The number of alkyl halides is 3. The Kier molecular flexibility index (Phi) is 9.18. The highest BCUT2D eigenvalue weighted by molar-refractivity contribution is 5.73. The number of aromatic amines is 1. The van der Waals surface area contributed by atoms with Crippen molar-refractivity contribution in [3.05, 3.63) is 64.1 Å². The fraction of sp³-hybridized carbons (Fsp3) is 0.360. The molecule has 36 heavy (non-hydrogen) atoms. The number of primary amides is 1. The lowest BCUT2D eigenvalue weighted by atomic mass is 9.99. The lowest BCUT2D eigenvalue weighted by molar-refractivity contribution is -0.137. The lowest BCUT2D eigenvalue weighted by Crippen LogP contribution is -2.13. The minimum absolute atomic E-state index is 0.169. The number of aromatic nitrogens is 3. The largest absolute Gasteiger partial charge is 0.475 e. The van der Waals surface area contributed by atoms with Crippen LogP contribution < -0.4 is 16.0 Å². The van der Waals surface area contributed by atoms with Crippen molar-refractivity contribution in [1.82, 2.24) is 15.0 Å². The van der Waals surface area contributed by atoms with E-state index in [1.54, 1.807) is 12.1 Å². The van der Waals surface area contributed by atoms with E-state index in [9.17, 15) is 22.8 Å². The van der Waals surface area contributed by atoms with Crippen LogP contribution in [-0.4, -0.2) is 40.7 Å². The van der Waals surface area contributed by atoms with Crippen molar-refractivity contribution in [3.8, 4) is 28.5 Å². The molecule has 0 aliphatic rings. The van der Waals surface area contributed by atoms with Crippen LogP contribution in [0, 0.1) is 0 Å². The maximum absolute atomic E-state index is 13.8. The number of aryl methyl sites for hydroxylation is 1. The van der Waals surface area contributed by atoms with Crippen molar-refractivity contribution in [2.75, 3.05) is 19.8 Å². The van der Waals surface area contributed by atoms with Crippen molar-refractivity contribution in [2.24, 2.45) is 5.73 Å². The Bertz CT molecular complexity index is 1230. The van der Waals surface area contributed by atoms with Gasteiger partial charge in [0, 0.05) is 42.5 Å². The quantitative estimate of drug-likeness (QED) is 0.358. The number of hydrogen-bond acceptors (Lipinski definition) is 6. The number of rotatable bonds is 12. The number of hydrogen-bond donors (Lipinski definition) is 2. The summed E-state index contributed by atoms with van der Waals surface area (Å²) >= 11 is 0. The number of carbonyl (C=O) groups is 1. The number of nitrogens with zero attached hydrogens (tertiary/aromatic N) is 2. The summed E-state index contributed by atoms with van der Waals surface area (Å²) in [6, 6.07) is 8.11. The molecule has 1 aromatic carbocycles. The first-order valence-electron chi connectivity index (χ1n) is 11.4. The summed E-state index contributed by atoms with van der Waals surface area (Å²) in [5.74, 6) is -0.297. The number of amides is 1. The first-order chi connectivity index (χ1) is 17.2. The molecular weight excluding hydrogens is 477 g/mol. The number of nitrogens with one attached hydrogen (secondary N) is 1. The molecule has 0 aliphatic carbocycles. The van der Waals surface area contributed by atoms with Gasteiger partial charge in [-0.05, 0) is 49.9 Å². The summed E-state index contributed by atoms with van der Waals surface area (Å²) < 4.78 is 52.0. The molecule has 3 aromatic rings. The zero-order valence-electron chi connectivity index (χ0n) is 19.7. The molecule has 3 N–H and O–H groups in total. The highest BCUT2D eigenvalue weighted by Gasteiger charge is 2.34. The van der Waals surface area contributed by atoms with E-state index >= 15 is 0 Å². The van der Waals surface area contributed by atoms with E-state index in [1.807, 2.05) is 6.92 Å². The molecule has 0 saturated carbocycles. The zero-order valence-corrected chi connectivity index (χ0v) is 19.7. The average molecular weight is 505 g/mol. The second-order valence-electron chi connectivity index (χ2n) is 7.96. The van der Waals surface area contributed by atoms with Crippen molar-refractivity contribution < 1.29 is 27.4 Å². The first kappa shape index (κ1) is 26.9. The van der Waals surface area contributed by atoms with E-state index in [-0.39, 0.29) is 23.5 Å². The van der Waals surface area contributed by atoms with Gasteiger partial charge in [0.1, 0.15) is 12.4 Å². The Labute approximate surface area is 205 Å². The normalized spacial score (nSPS) is 11.4. The molecule has 0 bridgehead atoms. The Morgan fingerprint density at radius 3 is 2.58 bits per heavy atom. The van der Waals surface area contributed by atoms with Crippen LogP contribution in [-0.2, 0) is 22.1 Å². The second-order valence-corrected chi connectivity index (χ2v) is 7.96. The highest BCUT2D eigenvalue weighted by atomic mass is 19.4. The van der Waals surface area contributed by atoms with Gasteiger partial charge in [-0.15, -0.1) is 0 Å². The van der Waals surface area contributed by atoms with Crippen molar-refractivity contribution in [3.63, 3.8) is 0 Å². The fourth-order valence-electron chi connectivity index (χ4n) is 3.52. The van der Waals surface area contributed by atoms with Gasteiger partial charge in [-0.25, -0.2) is 9.97 Å².